The normalized spacial score (nSPS) is 11.9. The largest absolute Gasteiger partial charge is 3.00 e. The van der Waals surface area contributed by atoms with Crippen LogP contribution in [-0.2, 0) is 17.1 Å². The minimum atomic E-state index is -10.7. The van der Waals surface area contributed by atoms with Crippen LogP contribution >= 0.6 is 7.81 Å². The van der Waals surface area contributed by atoms with Gasteiger partial charge < -0.3 is 9.47 Å². The third-order valence-corrected chi connectivity index (χ3v) is 3.81. The molecule has 0 saturated carbocycles. The molecule has 37 heavy (non-hydrogen) atoms. The number of hydrogen-bond donors (Lipinski definition) is 0. The molecule has 0 spiro atoms. The summed E-state index contributed by atoms with van der Waals surface area (Å²) in [6.45, 7) is 0. The summed E-state index contributed by atoms with van der Waals surface area (Å²) >= 11 is 0. The van der Waals surface area contributed by atoms with Gasteiger partial charge in [-0.15, -0.1) is 24.3 Å². The van der Waals surface area contributed by atoms with Crippen molar-refractivity contribution in [2.24, 2.45) is 0 Å². The van der Waals surface area contributed by atoms with E-state index >= 15 is 0 Å². The maximum Gasteiger partial charge on any atom is 3.00 e. The van der Waals surface area contributed by atoms with Gasteiger partial charge >= 0.3 is 50.1 Å². The molecule has 0 heterocycles. The van der Waals surface area contributed by atoms with Crippen LogP contribution in [0.2, 0.25) is 0 Å². The van der Waals surface area contributed by atoms with E-state index in [0.717, 1.165) is 12.6 Å². The molecule has 4 nitrogen and oxygen atoms in total. The molecule has 0 aliphatic heterocycles. The molecule has 0 aliphatic carbocycles. The SMILES string of the molecule is F[P-](F)(F)(F)(F)F.O=Cc1ccc(Oc2[c-]cc(Oc3ccc(C=O)cc3)cc2)cc1.[Fe+3].c1cc[cH-]c1. The molecule has 4 aromatic carbocycles. The van der Waals surface area contributed by atoms with Crippen LogP contribution in [0.15, 0.2) is 97.1 Å². The minimum Gasteiger partial charge on any atom is -0.517 e. The van der Waals surface area contributed by atoms with Crippen LogP contribution in [-0.4, -0.2) is 12.6 Å². The Labute approximate surface area is 218 Å². The van der Waals surface area contributed by atoms with Crippen LogP contribution in [0.3, 0.4) is 0 Å². The van der Waals surface area contributed by atoms with Crippen LogP contribution in [0.5, 0.6) is 23.0 Å². The minimum absolute atomic E-state index is 0. The molecular formula is C25H18F6FeO4P. The first-order valence-electron chi connectivity index (χ1n) is 9.93. The molecule has 4 aromatic rings. The predicted octanol–water partition coefficient (Wildman–Crippen LogP) is 9.48. The van der Waals surface area contributed by atoms with Gasteiger partial charge in [-0.25, -0.2) is 12.1 Å². The molecule has 1 radical (unpaired) electrons. The van der Waals surface area contributed by atoms with E-state index in [1.165, 1.54) is 0 Å². The number of carbonyl (C=O) groups excluding carboxylic acids is 2. The van der Waals surface area contributed by atoms with E-state index in [1.54, 1.807) is 66.7 Å². The van der Waals surface area contributed by atoms with Gasteiger partial charge in [-0.3, -0.25) is 9.59 Å². The Morgan fingerprint density at radius 1 is 0.649 bits per heavy atom. The van der Waals surface area contributed by atoms with Crippen LogP contribution in [0.4, 0.5) is 25.2 Å². The smallest absolute Gasteiger partial charge is 0.517 e. The van der Waals surface area contributed by atoms with Gasteiger partial charge in [0.15, 0.2) is 0 Å². The second kappa shape index (κ2) is 12.6. The van der Waals surface area contributed by atoms with Gasteiger partial charge in [-0.1, -0.05) is 0 Å². The van der Waals surface area contributed by atoms with Crippen molar-refractivity contribution in [3.8, 4) is 23.0 Å². The summed E-state index contributed by atoms with van der Waals surface area (Å²) in [5, 5.41) is 0. The topological polar surface area (TPSA) is 52.6 Å². The fourth-order valence-corrected chi connectivity index (χ4v) is 2.34. The summed E-state index contributed by atoms with van der Waals surface area (Å²) in [5.74, 6) is 2.40. The Bertz CT molecular complexity index is 1130. The van der Waals surface area contributed by atoms with E-state index in [4.69, 9.17) is 9.47 Å². The molecule has 0 aliphatic rings. The Kier molecular flexibility index (Phi) is 10.8. The summed E-state index contributed by atoms with van der Waals surface area (Å²) < 4.78 is 70.5. The number of rotatable bonds is 6. The number of aldehydes is 2. The summed E-state index contributed by atoms with van der Waals surface area (Å²) in [6, 6.07) is 31.8. The van der Waals surface area contributed by atoms with Crippen molar-refractivity contribution in [3.05, 3.63) is 114 Å². The zero-order chi connectivity index (χ0) is 26.7. The van der Waals surface area contributed by atoms with Gasteiger partial charge in [-0.2, -0.15) is 18.2 Å². The van der Waals surface area contributed by atoms with Crippen molar-refractivity contribution in [2.45, 2.75) is 0 Å². The van der Waals surface area contributed by atoms with Crippen molar-refractivity contribution in [1.82, 2.24) is 0 Å². The Hall–Kier alpha value is -3.52. The maximum absolute atomic E-state index is 10.7. The first-order chi connectivity index (χ1) is 16.7. The Balaban J connectivity index is 0.000000436. The Morgan fingerprint density at radius 2 is 1.05 bits per heavy atom. The monoisotopic (exact) mass is 583 g/mol. The van der Waals surface area contributed by atoms with E-state index in [-0.39, 0.29) is 17.1 Å². The van der Waals surface area contributed by atoms with E-state index in [0.29, 0.717) is 34.1 Å². The van der Waals surface area contributed by atoms with Crippen LogP contribution in [0.1, 0.15) is 20.7 Å². The molecule has 0 aromatic heterocycles. The number of halogens is 6. The predicted molar refractivity (Wildman–Crippen MR) is 125 cm³/mol. The van der Waals surface area contributed by atoms with E-state index in [9.17, 15) is 34.8 Å². The first-order valence-corrected chi connectivity index (χ1v) is 12.0. The summed E-state index contributed by atoms with van der Waals surface area (Å²) in [7, 11) is -10.7. The molecule has 0 saturated heterocycles. The van der Waals surface area contributed by atoms with Gasteiger partial charge in [0, 0.05) is 22.6 Å². The maximum atomic E-state index is 10.6. The molecule has 197 valence electrons. The van der Waals surface area contributed by atoms with Crippen molar-refractivity contribution in [2.75, 3.05) is 0 Å². The standard InChI is InChI=1S/C20H13O4.C5H5.F6P.Fe/c21-13-15-1-5-17(6-2-15)23-19-9-11-20(12-10-19)24-18-7-3-16(14-22)4-8-18;1-2-4-5-3-1;1-7(2,3,4,5)6;/h1-11,13-14H;1-5H;;/q3*-1;+3. The van der Waals surface area contributed by atoms with Gasteiger partial charge in [0.2, 0.25) is 0 Å². The number of benzene rings is 3. The average molecular weight is 583 g/mol. The molecule has 0 unspecified atom stereocenters. The number of ether oxygens (including phenoxy) is 2. The molecule has 0 N–H and O–H groups in total. The van der Waals surface area contributed by atoms with Crippen molar-refractivity contribution in [1.29, 1.82) is 0 Å². The van der Waals surface area contributed by atoms with Gasteiger partial charge in [0.25, 0.3) is 0 Å². The quantitative estimate of drug-likeness (QED) is 0.0746. The van der Waals surface area contributed by atoms with Crippen molar-refractivity contribution in [3.63, 3.8) is 0 Å². The van der Waals surface area contributed by atoms with E-state index < -0.39 is 7.81 Å². The first kappa shape index (κ1) is 31.5. The second-order valence-corrected chi connectivity index (χ2v) is 8.80. The van der Waals surface area contributed by atoms with Gasteiger partial charge in [-0.05, 0) is 48.5 Å². The molecule has 0 amide bonds. The Morgan fingerprint density at radius 3 is 1.38 bits per heavy atom. The van der Waals surface area contributed by atoms with E-state index in [2.05, 4.69) is 6.07 Å². The molecule has 4 rings (SSSR count). The summed E-state index contributed by atoms with van der Waals surface area (Å²) in [4.78, 5) is 21.2. The fourth-order valence-electron chi connectivity index (χ4n) is 2.34. The van der Waals surface area contributed by atoms with Gasteiger partial charge in [0.05, 0.1) is 0 Å². The number of hydrogen-bond acceptors (Lipinski definition) is 4. The summed E-state index contributed by atoms with van der Waals surface area (Å²) in [5.41, 5.74) is 1.19. The number of carbonyl (C=O) groups is 2. The van der Waals surface area contributed by atoms with E-state index in [1.807, 2.05) is 30.3 Å². The van der Waals surface area contributed by atoms with Crippen LogP contribution in [0.25, 0.3) is 0 Å². The van der Waals surface area contributed by atoms with Crippen molar-refractivity contribution < 1.29 is 61.3 Å². The molecule has 0 atom stereocenters. The third kappa shape index (κ3) is 16.0. The second-order valence-electron chi connectivity index (χ2n) is 6.89. The zero-order valence-electron chi connectivity index (χ0n) is 18.6. The fraction of sp³-hybridized carbons (Fsp3) is 0. The average Bonchev–Trinajstić information content (AvgIpc) is 3.40. The summed E-state index contributed by atoms with van der Waals surface area (Å²) in [6.07, 6.45) is 1.56. The zero-order valence-corrected chi connectivity index (χ0v) is 20.6. The van der Waals surface area contributed by atoms with Crippen LogP contribution in [0, 0.1) is 6.07 Å². The van der Waals surface area contributed by atoms with Crippen molar-refractivity contribution >= 4 is 20.4 Å². The van der Waals surface area contributed by atoms with Crippen LogP contribution < -0.4 is 9.47 Å². The molecule has 0 fully saturated rings. The van der Waals surface area contributed by atoms with Gasteiger partial charge in [0.1, 0.15) is 24.1 Å². The molecular weight excluding hydrogens is 565 g/mol. The third-order valence-electron chi connectivity index (χ3n) is 3.81. The molecule has 12 heteroatoms. The molecule has 0 bridgehead atoms.